The van der Waals surface area contributed by atoms with Gasteiger partial charge in [-0.05, 0) is 19.8 Å². The van der Waals surface area contributed by atoms with Crippen LogP contribution in [0.4, 0.5) is 0 Å². The summed E-state index contributed by atoms with van der Waals surface area (Å²) in [6, 6.07) is 0.281. The van der Waals surface area contributed by atoms with Crippen LogP contribution in [-0.2, 0) is 4.79 Å². The Bertz CT molecular complexity index is 121. The quantitative estimate of drug-likeness (QED) is 0.654. The van der Waals surface area contributed by atoms with E-state index >= 15 is 0 Å². The average molecular weight is 178 g/mol. The van der Waals surface area contributed by atoms with Crippen LogP contribution < -0.4 is 5.32 Å². The molecule has 0 bridgehead atoms. The molecular formula is C8H16ClNO. The molecule has 1 atom stereocenters. The summed E-state index contributed by atoms with van der Waals surface area (Å²) in [4.78, 5) is 11.0. The number of hydrogen-bond acceptors (Lipinski definition) is 1. The molecule has 0 aliphatic heterocycles. The van der Waals surface area contributed by atoms with Crippen molar-refractivity contribution in [2.45, 2.75) is 45.0 Å². The second-order valence-electron chi connectivity index (χ2n) is 2.64. The molecule has 0 fully saturated rings. The van der Waals surface area contributed by atoms with Crippen LogP contribution in [0, 0.1) is 0 Å². The molecule has 0 aliphatic rings. The average Bonchev–Trinajstić information content (AvgIpc) is 1.99. The highest BCUT2D eigenvalue weighted by Crippen LogP contribution is 1.99. The molecule has 66 valence electrons. The van der Waals surface area contributed by atoms with E-state index in [1.165, 1.54) is 0 Å². The van der Waals surface area contributed by atoms with E-state index in [1.807, 2.05) is 13.8 Å². The Morgan fingerprint density at radius 1 is 1.45 bits per heavy atom. The normalized spacial score (nSPS) is 13.2. The third-order valence-corrected chi connectivity index (χ3v) is 1.89. The van der Waals surface area contributed by atoms with Gasteiger partial charge < -0.3 is 5.32 Å². The molecule has 0 aromatic carbocycles. The van der Waals surface area contributed by atoms with E-state index in [4.69, 9.17) is 11.6 Å². The molecule has 0 unspecified atom stereocenters. The summed E-state index contributed by atoms with van der Waals surface area (Å²) in [5, 5.41) is 2.42. The van der Waals surface area contributed by atoms with Crippen LogP contribution in [0.2, 0.25) is 0 Å². The van der Waals surface area contributed by atoms with E-state index in [-0.39, 0.29) is 11.9 Å². The third kappa shape index (κ3) is 4.25. The highest BCUT2D eigenvalue weighted by atomic mass is 35.5. The summed E-state index contributed by atoms with van der Waals surface area (Å²) in [6.45, 7) is 5.78. The van der Waals surface area contributed by atoms with Crippen LogP contribution >= 0.6 is 11.6 Å². The zero-order valence-corrected chi connectivity index (χ0v) is 8.11. The second-order valence-corrected chi connectivity index (χ2v) is 3.29. The van der Waals surface area contributed by atoms with E-state index in [9.17, 15) is 4.79 Å². The lowest BCUT2D eigenvalue weighted by molar-refractivity contribution is -0.121. The molecule has 0 aliphatic carbocycles. The Kier molecular flexibility index (Phi) is 5.30. The smallest absolute Gasteiger partial charge is 0.237 e. The van der Waals surface area contributed by atoms with Gasteiger partial charge in [-0.1, -0.05) is 13.8 Å². The summed E-state index contributed by atoms with van der Waals surface area (Å²) in [5.74, 6) is -0.0691. The molecule has 0 rings (SSSR count). The van der Waals surface area contributed by atoms with Crippen LogP contribution in [0.15, 0.2) is 0 Å². The van der Waals surface area contributed by atoms with Crippen molar-refractivity contribution in [3.05, 3.63) is 0 Å². The largest absolute Gasteiger partial charge is 0.352 e. The topological polar surface area (TPSA) is 29.1 Å². The lowest BCUT2D eigenvalue weighted by Crippen LogP contribution is -2.37. The minimum absolute atomic E-state index is 0.0691. The van der Waals surface area contributed by atoms with Crippen molar-refractivity contribution in [2.24, 2.45) is 0 Å². The number of rotatable bonds is 4. The minimum atomic E-state index is -0.421. The monoisotopic (exact) mass is 177 g/mol. The number of alkyl halides is 1. The van der Waals surface area contributed by atoms with Gasteiger partial charge >= 0.3 is 0 Å². The molecule has 0 heterocycles. The Labute approximate surface area is 73.3 Å². The predicted molar refractivity (Wildman–Crippen MR) is 47.8 cm³/mol. The van der Waals surface area contributed by atoms with E-state index in [0.717, 1.165) is 12.8 Å². The fourth-order valence-corrected chi connectivity index (χ4v) is 0.872. The molecular weight excluding hydrogens is 162 g/mol. The van der Waals surface area contributed by atoms with Crippen LogP contribution in [0.3, 0.4) is 0 Å². The molecule has 2 nitrogen and oxygen atoms in total. The van der Waals surface area contributed by atoms with Crippen molar-refractivity contribution < 1.29 is 4.79 Å². The van der Waals surface area contributed by atoms with Crippen LogP contribution in [0.5, 0.6) is 0 Å². The second kappa shape index (κ2) is 5.42. The molecule has 0 aromatic rings. The first-order chi connectivity index (χ1) is 5.11. The van der Waals surface area contributed by atoms with Gasteiger partial charge in [0.15, 0.2) is 0 Å². The first-order valence-corrected chi connectivity index (χ1v) is 4.49. The van der Waals surface area contributed by atoms with E-state index < -0.39 is 5.38 Å². The molecule has 1 amide bonds. The van der Waals surface area contributed by atoms with E-state index in [0.29, 0.717) is 0 Å². The van der Waals surface area contributed by atoms with Gasteiger partial charge in [-0.15, -0.1) is 11.6 Å². The number of amides is 1. The van der Waals surface area contributed by atoms with Gasteiger partial charge in [0.25, 0.3) is 0 Å². The van der Waals surface area contributed by atoms with Crippen molar-refractivity contribution >= 4 is 17.5 Å². The maximum atomic E-state index is 11.0. The molecule has 11 heavy (non-hydrogen) atoms. The Hall–Kier alpha value is -0.240. The standard InChI is InChI=1S/C8H16ClNO/c1-4-7(5-2)10-8(11)6(3)9/h6-7H,4-5H2,1-3H3,(H,10,11)/t6-/m1/s1. The Morgan fingerprint density at radius 3 is 2.18 bits per heavy atom. The number of hydrogen-bond donors (Lipinski definition) is 1. The zero-order chi connectivity index (χ0) is 8.85. The number of nitrogens with one attached hydrogen (secondary N) is 1. The minimum Gasteiger partial charge on any atom is -0.352 e. The molecule has 0 saturated carbocycles. The fraction of sp³-hybridized carbons (Fsp3) is 0.875. The van der Waals surface area contributed by atoms with Crippen LogP contribution in [0.25, 0.3) is 0 Å². The summed E-state index contributed by atoms with van der Waals surface area (Å²) in [5.41, 5.74) is 0. The van der Waals surface area contributed by atoms with Crippen LogP contribution in [-0.4, -0.2) is 17.3 Å². The summed E-state index contributed by atoms with van der Waals surface area (Å²) in [7, 11) is 0. The number of halogens is 1. The number of carbonyl (C=O) groups is 1. The van der Waals surface area contributed by atoms with Gasteiger partial charge in [0.1, 0.15) is 5.38 Å². The van der Waals surface area contributed by atoms with Crippen LogP contribution in [0.1, 0.15) is 33.6 Å². The van der Waals surface area contributed by atoms with Crippen molar-refractivity contribution in [2.75, 3.05) is 0 Å². The maximum absolute atomic E-state index is 11.0. The first kappa shape index (κ1) is 10.8. The Morgan fingerprint density at radius 2 is 1.91 bits per heavy atom. The Balaban J connectivity index is 3.72. The molecule has 0 saturated heterocycles. The highest BCUT2D eigenvalue weighted by Gasteiger charge is 2.12. The van der Waals surface area contributed by atoms with Crippen molar-refractivity contribution in [1.29, 1.82) is 0 Å². The van der Waals surface area contributed by atoms with Crippen molar-refractivity contribution in [3.63, 3.8) is 0 Å². The lowest BCUT2D eigenvalue weighted by atomic mass is 10.2. The zero-order valence-electron chi connectivity index (χ0n) is 7.36. The van der Waals surface area contributed by atoms with Crippen molar-refractivity contribution in [1.82, 2.24) is 5.32 Å². The number of carbonyl (C=O) groups excluding carboxylic acids is 1. The maximum Gasteiger partial charge on any atom is 0.237 e. The van der Waals surface area contributed by atoms with Gasteiger partial charge in [0, 0.05) is 6.04 Å². The van der Waals surface area contributed by atoms with E-state index in [2.05, 4.69) is 5.32 Å². The van der Waals surface area contributed by atoms with E-state index in [1.54, 1.807) is 6.92 Å². The summed E-state index contributed by atoms with van der Waals surface area (Å²) < 4.78 is 0. The van der Waals surface area contributed by atoms with Gasteiger partial charge in [-0.25, -0.2) is 0 Å². The molecule has 0 radical (unpaired) electrons. The lowest BCUT2D eigenvalue weighted by Gasteiger charge is -2.15. The van der Waals surface area contributed by atoms with Gasteiger partial charge in [0.05, 0.1) is 0 Å². The third-order valence-electron chi connectivity index (χ3n) is 1.69. The van der Waals surface area contributed by atoms with Gasteiger partial charge in [-0.3, -0.25) is 4.79 Å². The molecule has 0 aromatic heterocycles. The van der Waals surface area contributed by atoms with Gasteiger partial charge in [-0.2, -0.15) is 0 Å². The SMILES string of the molecule is CCC(CC)NC(=O)[C@@H](C)Cl. The first-order valence-electron chi connectivity index (χ1n) is 4.06. The predicted octanol–water partition coefficient (Wildman–Crippen LogP) is 1.92. The fourth-order valence-electron chi connectivity index (χ4n) is 0.809. The van der Waals surface area contributed by atoms with Crippen molar-refractivity contribution in [3.8, 4) is 0 Å². The highest BCUT2D eigenvalue weighted by molar-refractivity contribution is 6.30. The molecule has 3 heteroatoms. The summed E-state index contributed by atoms with van der Waals surface area (Å²) in [6.07, 6.45) is 1.93. The van der Waals surface area contributed by atoms with Gasteiger partial charge in [0.2, 0.25) is 5.91 Å². The molecule has 1 N–H and O–H groups in total. The summed E-state index contributed by atoms with van der Waals surface area (Å²) >= 11 is 5.57. The molecule has 0 spiro atoms.